The predicted octanol–water partition coefficient (Wildman–Crippen LogP) is 1.29. The lowest BCUT2D eigenvalue weighted by Gasteiger charge is -2.08. The summed E-state index contributed by atoms with van der Waals surface area (Å²) in [6.07, 6.45) is -3.67. The Morgan fingerprint density at radius 1 is 1.20 bits per heavy atom. The average molecular weight is 356 g/mol. The van der Waals surface area contributed by atoms with Gasteiger partial charge in [0.1, 0.15) is 13.1 Å². The molecule has 3 amide bonds. The fourth-order valence-electron chi connectivity index (χ4n) is 1.83. The molecule has 1 heterocycles. The summed E-state index contributed by atoms with van der Waals surface area (Å²) in [7, 11) is 0. The predicted molar refractivity (Wildman–Crippen MR) is 80.2 cm³/mol. The van der Waals surface area contributed by atoms with Crippen LogP contribution >= 0.6 is 0 Å². The van der Waals surface area contributed by atoms with Crippen molar-refractivity contribution < 1.29 is 22.8 Å². The Kier molecular flexibility index (Phi) is 5.67. The topological polar surface area (TPSA) is 102 Å². The van der Waals surface area contributed by atoms with Crippen molar-refractivity contribution in [1.82, 2.24) is 30.8 Å². The maximum absolute atomic E-state index is 12.0. The van der Waals surface area contributed by atoms with Gasteiger partial charge in [-0.2, -0.15) is 18.0 Å². The molecule has 1 aromatic heterocycles. The van der Waals surface area contributed by atoms with Crippen molar-refractivity contribution in [3.05, 3.63) is 29.8 Å². The van der Waals surface area contributed by atoms with Gasteiger partial charge in [-0.25, -0.2) is 4.79 Å². The maximum atomic E-state index is 12.0. The lowest BCUT2D eigenvalue weighted by Crippen LogP contribution is -2.44. The summed E-state index contributed by atoms with van der Waals surface area (Å²) in [4.78, 5) is 23.7. The molecular formula is C14H15F3N6O2. The van der Waals surface area contributed by atoms with Crippen molar-refractivity contribution in [2.24, 2.45) is 0 Å². The van der Waals surface area contributed by atoms with Gasteiger partial charge in [0, 0.05) is 5.56 Å². The Hall–Kier alpha value is -2.98. The van der Waals surface area contributed by atoms with Crippen molar-refractivity contribution in [3.8, 4) is 11.4 Å². The molecule has 0 unspecified atom stereocenters. The number of carbonyl (C=O) groups excluding carboxylic acids is 2. The van der Waals surface area contributed by atoms with Crippen LogP contribution in [-0.2, 0) is 17.8 Å². The fourth-order valence-corrected chi connectivity index (χ4v) is 1.83. The number of urea groups is 1. The second-order valence-electron chi connectivity index (χ2n) is 5.04. The molecule has 134 valence electrons. The van der Waals surface area contributed by atoms with Gasteiger partial charge in [0.25, 0.3) is 5.91 Å². The van der Waals surface area contributed by atoms with Gasteiger partial charge in [0.15, 0.2) is 0 Å². The van der Waals surface area contributed by atoms with Crippen LogP contribution in [0.5, 0.6) is 0 Å². The first-order valence-corrected chi connectivity index (χ1v) is 7.28. The van der Waals surface area contributed by atoms with E-state index in [0.717, 1.165) is 16.8 Å². The monoisotopic (exact) mass is 356 g/mol. The molecule has 2 N–H and O–H groups in total. The number of aromatic nitrogens is 4. The number of amides is 3. The van der Waals surface area contributed by atoms with Gasteiger partial charge >= 0.3 is 12.2 Å². The zero-order valence-electron chi connectivity index (χ0n) is 13.2. The highest BCUT2D eigenvalue weighted by molar-refractivity contribution is 5.94. The zero-order chi connectivity index (χ0) is 18.4. The van der Waals surface area contributed by atoms with Crippen LogP contribution in [0, 0.1) is 0 Å². The molecule has 0 aliphatic rings. The average Bonchev–Trinajstić information content (AvgIpc) is 3.00. The summed E-state index contributed by atoms with van der Waals surface area (Å²) in [5.41, 5.74) is 1.84. The van der Waals surface area contributed by atoms with Gasteiger partial charge in [0.05, 0.1) is 0 Å². The van der Waals surface area contributed by atoms with Crippen LogP contribution in [0.2, 0.25) is 0 Å². The van der Waals surface area contributed by atoms with Gasteiger partial charge in [-0.3, -0.25) is 10.1 Å². The standard InChI is InChI=1S/C14H15F3N6O2/c1-2-9-3-5-10(6-4-9)12-20-22-23(21-12)7-11(24)19-13(25)18-8-14(15,16)17/h3-6H,2,7-8H2,1H3,(H2,18,19,24,25). The minimum Gasteiger partial charge on any atom is -0.329 e. The molecule has 0 aliphatic carbocycles. The Balaban J connectivity index is 1.89. The van der Waals surface area contributed by atoms with Crippen molar-refractivity contribution in [2.45, 2.75) is 26.1 Å². The number of alkyl halides is 3. The normalized spacial score (nSPS) is 11.2. The van der Waals surface area contributed by atoms with E-state index in [4.69, 9.17) is 0 Å². The first-order valence-electron chi connectivity index (χ1n) is 7.28. The molecule has 8 nitrogen and oxygen atoms in total. The third-order valence-electron chi connectivity index (χ3n) is 3.06. The quantitative estimate of drug-likeness (QED) is 0.841. The minimum atomic E-state index is -4.56. The summed E-state index contributed by atoms with van der Waals surface area (Å²) in [5.74, 6) is -0.582. The lowest BCUT2D eigenvalue weighted by molar-refractivity contribution is -0.125. The molecule has 2 rings (SSSR count). The Bertz CT molecular complexity index is 742. The molecule has 11 heteroatoms. The molecule has 0 aliphatic heterocycles. The van der Waals surface area contributed by atoms with Gasteiger partial charge < -0.3 is 5.32 Å². The first-order chi connectivity index (χ1) is 11.8. The van der Waals surface area contributed by atoms with E-state index in [2.05, 4.69) is 15.4 Å². The maximum Gasteiger partial charge on any atom is 0.405 e. The number of benzene rings is 1. The molecule has 0 spiro atoms. The largest absolute Gasteiger partial charge is 0.405 e. The summed E-state index contributed by atoms with van der Waals surface area (Å²) in [6.45, 7) is 0.0259. The van der Waals surface area contributed by atoms with Crippen LogP contribution in [0.3, 0.4) is 0 Å². The highest BCUT2D eigenvalue weighted by Gasteiger charge is 2.28. The lowest BCUT2D eigenvalue weighted by atomic mass is 10.1. The Labute approximate surface area is 140 Å². The number of aryl methyl sites for hydroxylation is 1. The van der Waals surface area contributed by atoms with E-state index in [-0.39, 0.29) is 5.82 Å². The van der Waals surface area contributed by atoms with E-state index in [0.29, 0.717) is 5.56 Å². The van der Waals surface area contributed by atoms with Crippen LogP contribution in [0.15, 0.2) is 24.3 Å². The molecule has 0 fully saturated rings. The van der Waals surface area contributed by atoms with Gasteiger partial charge in [0.2, 0.25) is 5.82 Å². The molecule has 0 atom stereocenters. The second kappa shape index (κ2) is 7.73. The molecule has 0 radical (unpaired) electrons. The number of imide groups is 1. The Morgan fingerprint density at radius 2 is 1.88 bits per heavy atom. The number of carbonyl (C=O) groups is 2. The van der Waals surface area contributed by atoms with Crippen molar-refractivity contribution in [1.29, 1.82) is 0 Å². The van der Waals surface area contributed by atoms with Crippen LogP contribution < -0.4 is 10.6 Å². The van der Waals surface area contributed by atoms with Gasteiger partial charge in [-0.15, -0.1) is 10.2 Å². The number of tetrazole rings is 1. The summed E-state index contributed by atoms with van der Waals surface area (Å²) in [6, 6.07) is 6.19. The van der Waals surface area contributed by atoms with E-state index >= 15 is 0 Å². The van der Waals surface area contributed by atoms with Crippen molar-refractivity contribution in [2.75, 3.05) is 6.54 Å². The molecule has 0 bridgehead atoms. The number of rotatable bonds is 5. The molecule has 1 aromatic carbocycles. The number of hydrogen-bond donors (Lipinski definition) is 2. The second-order valence-corrected chi connectivity index (χ2v) is 5.04. The van der Waals surface area contributed by atoms with Crippen molar-refractivity contribution in [3.63, 3.8) is 0 Å². The molecule has 0 saturated heterocycles. The van der Waals surface area contributed by atoms with E-state index in [9.17, 15) is 22.8 Å². The fraction of sp³-hybridized carbons (Fsp3) is 0.357. The summed E-state index contributed by atoms with van der Waals surface area (Å²) < 4.78 is 35.9. The van der Waals surface area contributed by atoms with E-state index < -0.39 is 31.2 Å². The highest BCUT2D eigenvalue weighted by Crippen LogP contribution is 2.14. The Morgan fingerprint density at radius 3 is 2.48 bits per heavy atom. The minimum absolute atomic E-state index is 0.289. The molecule has 2 aromatic rings. The number of halogens is 3. The third-order valence-corrected chi connectivity index (χ3v) is 3.06. The van der Waals surface area contributed by atoms with E-state index in [1.54, 1.807) is 5.32 Å². The summed E-state index contributed by atoms with van der Waals surface area (Å²) >= 11 is 0. The van der Waals surface area contributed by atoms with Gasteiger partial charge in [-0.05, 0) is 17.2 Å². The van der Waals surface area contributed by atoms with E-state index in [1.807, 2.05) is 31.2 Å². The molecule has 25 heavy (non-hydrogen) atoms. The highest BCUT2D eigenvalue weighted by atomic mass is 19.4. The van der Waals surface area contributed by atoms with Crippen molar-refractivity contribution >= 4 is 11.9 Å². The zero-order valence-corrected chi connectivity index (χ0v) is 13.2. The SMILES string of the molecule is CCc1ccc(-c2nnn(CC(=O)NC(=O)NCC(F)(F)F)n2)cc1. The van der Waals surface area contributed by atoms with Gasteiger partial charge in [-0.1, -0.05) is 31.2 Å². The molecular weight excluding hydrogens is 341 g/mol. The molecule has 0 saturated carbocycles. The first kappa shape index (κ1) is 18.4. The number of hydrogen-bond acceptors (Lipinski definition) is 5. The van der Waals surface area contributed by atoms with Crippen LogP contribution in [0.4, 0.5) is 18.0 Å². The number of nitrogens with one attached hydrogen (secondary N) is 2. The van der Waals surface area contributed by atoms with Crippen LogP contribution in [-0.4, -0.2) is 44.9 Å². The van der Waals surface area contributed by atoms with Crippen LogP contribution in [0.1, 0.15) is 12.5 Å². The van der Waals surface area contributed by atoms with E-state index in [1.165, 1.54) is 5.32 Å². The third kappa shape index (κ3) is 5.86. The van der Waals surface area contributed by atoms with Crippen LogP contribution in [0.25, 0.3) is 11.4 Å². The number of nitrogens with zero attached hydrogens (tertiary/aromatic N) is 4. The smallest absolute Gasteiger partial charge is 0.329 e. The summed E-state index contributed by atoms with van der Waals surface area (Å²) in [5, 5.41) is 14.7.